The third kappa shape index (κ3) is 8.97. The number of hydrogen-bond acceptors (Lipinski definition) is 6. The minimum absolute atomic E-state index is 0.182. The van der Waals surface area contributed by atoms with Crippen molar-refractivity contribution in [3.63, 3.8) is 0 Å². The van der Waals surface area contributed by atoms with E-state index in [1.165, 1.54) is 6.21 Å². The van der Waals surface area contributed by atoms with Gasteiger partial charge in [0.2, 0.25) is 0 Å². The van der Waals surface area contributed by atoms with Gasteiger partial charge in [-0.05, 0) is 85.1 Å². The van der Waals surface area contributed by atoms with E-state index in [-0.39, 0.29) is 12.5 Å². The first-order valence-electron chi connectivity index (χ1n) is 11.5. The Labute approximate surface area is 219 Å². The van der Waals surface area contributed by atoms with Crippen LogP contribution in [0.4, 0.5) is 11.4 Å². The number of halogens is 1. The molecular weight excluding hydrogens is 496 g/mol. The number of nitrogens with one attached hydrogen (secondary N) is 3. The van der Waals surface area contributed by atoms with Crippen LogP contribution in [0.1, 0.15) is 24.5 Å². The van der Waals surface area contributed by atoms with Crippen LogP contribution < -0.4 is 25.5 Å². The van der Waals surface area contributed by atoms with E-state index in [1.807, 2.05) is 19.9 Å². The number of amides is 3. The first-order valence-corrected chi connectivity index (χ1v) is 11.9. The molecule has 192 valence electrons. The van der Waals surface area contributed by atoms with Crippen molar-refractivity contribution in [3.05, 3.63) is 82.9 Å². The first kappa shape index (κ1) is 27.2. The minimum Gasteiger partial charge on any atom is -0.494 e. The second-order valence-corrected chi connectivity index (χ2v) is 8.30. The predicted octanol–water partition coefficient (Wildman–Crippen LogP) is 4.54. The van der Waals surface area contributed by atoms with Crippen LogP contribution in [0.15, 0.2) is 71.8 Å². The molecule has 0 aliphatic heterocycles. The van der Waals surface area contributed by atoms with Gasteiger partial charge in [-0.2, -0.15) is 5.10 Å². The number of hydrazone groups is 1. The largest absolute Gasteiger partial charge is 0.494 e. The summed E-state index contributed by atoms with van der Waals surface area (Å²) < 4.78 is 11.0. The van der Waals surface area contributed by atoms with E-state index >= 15 is 0 Å². The normalized spacial score (nSPS) is 10.6. The molecule has 0 saturated heterocycles. The zero-order valence-electron chi connectivity index (χ0n) is 20.4. The van der Waals surface area contributed by atoms with Crippen LogP contribution in [0.5, 0.6) is 11.5 Å². The molecule has 0 aliphatic carbocycles. The summed E-state index contributed by atoms with van der Waals surface area (Å²) in [5, 5.41) is 9.56. The summed E-state index contributed by atoms with van der Waals surface area (Å²) in [6.45, 7) is 4.30. The molecule has 0 saturated carbocycles. The van der Waals surface area contributed by atoms with Gasteiger partial charge in [-0.25, -0.2) is 5.43 Å². The lowest BCUT2D eigenvalue weighted by Crippen LogP contribution is -2.32. The summed E-state index contributed by atoms with van der Waals surface area (Å²) in [6.07, 6.45) is 2.27. The average Bonchev–Trinajstić information content (AvgIpc) is 2.90. The molecule has 0 spiro atoms. The third-order valence-corrected chi connectivity index (χ3v) is 5.28. The number of anilines is 2. The van der Waals surface area contributed by atoms with Gasteiger partial charge in [0.15, 0.2) is 6.61 Å². The molecular formula is C27H27ClN4O5. The third-order valence-electron chi connectivity index (χ3n) is 4.88. The maximum Gasteiger partial charge on any atom is 0.329 e. The van der Waals surface area contributed by atoms with Crippen LogP contribution in [0.25, 0.3) is 0 Å². The van der Waals surface area contributed by atoms with Crippen molar-refractivity contribution < 1.29 is 23.9 Å². The number of carbonyl (C=O) groups excluding carboxylic acids is 3. The Morgan fingerprint density at radius 1 is 0.865 bits per heavy atom. The lowest BCUT2D eigenvalue weighted by Gasteiger charge is -2.09. The van der Waals surface area contributed by atoms with Crippen molar-refractivity contribution in [1.29, 1.82) is 0 Å². The number of rotatable bonds is 10. The molecule has 0 unspecified atom stereocenters. The Morgan fingerprint density at radius 3 is 2.19 bits per heavy atom. The minimum atomic E-state index is -0.914. The molecule has 0 radical (unpaired) electrons. The van der Waals surface area contributed by atoms with Gasteiger partial charge in [-0.15, -0.1) is 0 Å². The van der Waals surface area contributed by atoms with Gasteiger partial charge in [0.25, 0.3) is 5.91 Å². The number of ether oxygens (including phenoxy) is 2. The number of carbonyl (C=O) groups is 3. The predicted molar refractivity (Wildman–Crippen MR) is 143 cm³/mol. The SMILES string of the molecule is CCCOc1ccc(NC(=O)C(=O)N/N=C\c2ccc(OCC(=O)Nc3ccc(C)c(Cl)c3)cc2)cc1. The van der Waals surface area contributed by atoms with Gasteiger partial charge in [0.1, 0.15) is 11.5 Å². The lowest BCUT2D eigenvalue weighted by atomic mass is 10.2. The second kappa shape index (κ2) is 13.6. The second-order valence-electron chi connectivity index (χ2n) is 7.90. The number of aryl methyl sites for hydroxylation is 1. The molecule has 0 heterocycles. The van der Waals surface area contributed by atoms with Crippen molar-refractivity contribution in [3.8, 4) is 11.5 Å². The molecule has 3 N–H and O–H groups in total. The first-order chi connectivity index (χ1) is 17.8. The molecule has 3 rings (SSSR count). The van der Waals surface area contributed by atoms with Crippen LogP contribution in [-0.2, 0) is 14.4 Å². The van der Waals surface area contributed by atoms with Gasteiger partial charge >= 0.3 is 11.8 Å². The summed E-state index contributed by atoms with van der Waals surface area (Å²) in [5.41, 5.74) is 4.78. The van der Waals surface area contributed by atoms with E-state index in [0.29, 0.717) is 40.1 Å². The van der Waals surface area contributed by atoms with Crippen LogP contribution in [-0.4, -0.2) is 37.1 Å². The number of hydrogen-bond donors (Lipinski definition) is 3. The van der Waals surface area contributed by atoms with E-state index < -0.39 is 11.8 Å². The molecule has 0 bridgehead atoms. The van der Waals surface area contributed by atoms with Gasteiger partial charge in [-0.1, -0.05) is 24.6 Å². The number of benzene rings is 3. The molecule has 0 fully saturated rings. The zero-order valence-corrected chi connectivity index (χ0v) is 21.2. The summed E-state index contributed by atoms with van der Waals surface area (Å²) in [5.74, 6) is -0.935. The van der Waals surface area contributed by atoms with E-state index in [4.69, 9.17) is 21.1 Å². The Morgan fingerprint density at radius 2 is 1.51 bits per heavy atom. The smallest absolute Gasteiger partial charge is 0.329 e. The summed E-state index contributed by atoms with van der Waals surface area (Å²) >= 11 is 6.06. The van der Waals surface area contributed by atoms with Crippen molar-refractivity contribution in [1.82, 2.24) is 5.43 Å². The Kier molecular flexibility index (Phi) is 10.0. The van der Waals surface area contributed by atoms with Crippen molar-refractivity contribution in [2.45, 2.75) is 20.3 Å². The van der Waals surface area contributed by atoms with Gasteiger partial charge in [0, 0.05) is 16.4 Å². The summed E-state index contributed by atoms with van der Waals surface area (Å²) in [4.78, 5) is 36.1. The van der Waals surface area contributed by atoms with Gasteiger partial charge < -0.3 is 20.1 Å². The molecule has 0 aliphatic rings. The molecule has 9 nitrogen and oxygen atoms in total. The fourth-order valence-corrected chi connectivity index (χ4v) is 3.11. The fourth-order valence-electron chi connectivity index (χ4n) is 2.93. The highest BCUT2D eigenvalue weighted by Gasteiger charge is 2.13. The van der Waals surface area contributed by atoms with E-state index in [1.54, 1.807) is 60.7 Å². The highest BCUT2D eigenvalue weighted by molar-refractivity contribution is 6.39. The van der Waals surface area contributed by atoms with Gasteiger partial charge in [0.05, 0.1) is 12.8 Å². The number of nitrogens with zero attached hydrogens (tertiary/aromatic N) is 1. The van der Waals surface area contributed by atoms with E-state index in [0.717, 1.165) is 12.0 Å². The van der Waals surface area contributed by atoms with Gasteiger partial charge in [-0.3, -0.25) is 14.4 Å². The van der Waals surface area contributed by atoms with Crippen molar-refractivity contribution in [2.24, 2.45) is 5.10 Å². The van der Waals surface area contributed by atoms with Crippen LogP contribution in [0, 0.1) is 6.92 Å². The molecule has 37 heavy (non-hydrogen) atoms. The van der Waals surface area contributed by atoms with Crippen LogP contribution in [0.3, 0.4) is 0 Å². The topological polar surface area (TPSA) is 118 Å². The Balaban J connectivity index is 1.41. The van der Waals surface area contributed by atoms with Crippen LogP contribution >= 0.6 is 11.6 Å². The molecule has 3 amide bonds. The molecule has 3 aromatic carbocycles. The summed E-state index contributed by atoms with van der Waals surface area (Å²) in [6, 6.07) is 18.6. The highest BCUT2D eigenvalue weighted by Crippen LogP contribution is 2.20. The van der Waals surface area contributed by atoms with Crippen LogP contribution in [0.2, 0.25) is 5.02 Å². The van der Waals surface area contributed by atoms with Crippen molar-refractivity contribution in [2.75, 3.05) is 23.8 Å². The zero-order chi connectivity index (χ0) is 26.6. The monoisotopic (exact) mass is 522 g/mol. The maximum atomic E-state index is 12.1. The quantitative estimate of drug-likeness (QED) is 0.205. The standard InChI is InChI=1S/C27H27ClN4O5/c1-3-14-36-22-12-8-20(9-13-22)31-26(34)27(35)32-29-16-19-5-10-23(11-6-19)37-17-25(33)30-21-7-4-18(2)24(28)15-21/h4-13,15-16H,3,14,17H2,1-2H3,(H,30,33)(H,31,34)(H,32,35)/b29-16-. The maximum absolute atomic E-state index is 12.1. The molecule has 10 heteroatoms. The lowest BCUT2D eigenvalue weighted by molar-refractivity contribution is -0.136. The van der Waals surface area contributed by atoms with E-state index in [2.05, 4.69) is 21.2 Å². The highest BCUT2D eigenvalue weighted by atomic mass is 35.5. The van der Waals surface area contributed by atoms with Crippen molar-refractivity contribution >= 4 is 46.9 Å². The average molecular weight is 523 g/mol. The van der Waals surface area contributed by atoms with E-state index in [9.17, 15) is 14.4 Å². The molecule has 3 aromatic rings. The summed E-state index contributed by atoms with van der Waals surface area (Å²) in [7, 11) is 0. The molecule has 0 aromatic heterocycles. The Bertz CT molecular complexity index is 1260. The molecule has 0 atom stereocenters. The fraction of sp³-hybridized carbons (Fsp3) is 0.185. The Hall–Kier alpha value is -4.37.